The Balaban J connectivity index is 2.09. The largest absolute Gasteiger partial charge is 0.396 e. The normalized spacial score (nSPS) is 23.1. The second kappa shape index (κ2) is 7.21. The van der Waals surface area contributed by atoms with Gasteiger partial charge in [0.05, 0.1) is 6.61 Å². The van der Waals surface area contributed by atoms with Crippen molar-refractivity contribution in [3.05, 3.63) is 0 Å². The van der Waals surface area contributed by atoms with Crippen LogP contribution >= 0.6 is 0 Å². The van der Waals surface area contributed by atoms with E-state index in [1.807, 2.05) is 0 Å². The molecule has 14 heavy (non-hydrogen) atoms. The van der Waals surface area contributed by atoms with Crippen molar-refractivity contribution in [1.82, 2.24) is 4.90 Å². The molecule has 0 aromatic rings. The fourth-order valence-electron chi connectivity index (χ4n) is 2.17. The third kappa shape index (κ3) is 3.95. The average Bonchev–Trinajstić information content (AvgIpc) is 2.61. The van der Waals surface area contributed by atoms with Gasteiger partial charge in [-0.05, 0) is 45.2 Å². The molecule has 0 radical (unpaired) electrons. The molecule has 1 aliphatic rings. The standard InChI is InChI=1S/C11H23NO2/c1-14-10-11-6-5-8-12(11)7-3-2-4-9-13/h11,13H,2-10H2,1H3. The molecule has 1 fully saturated rings. The van der Waals surface area contributed by atoms with Crippen LogP contribution in [-0.2, 0) is 4.74 Å². The Kier molecular flexibility index (Phi) is 6.15. The predicted molar refractivity (Wildman–Crippen MR) is 57.4 cm³/mol. The molecule has 0 amide bonds. The first kappa shape index (κ1) is 12.0. The minimum Gasteiger partial charge on any atom is -0.396 e. The van der Waals surface area contributed by atoms with E-state index in [2.05, 4.69) is 4.90 Å². The van der Waals surface area contributed by atoms with Crippen LogP contribution in [0.4, 0.5) is 0 Å². The van der Waals surface area contributed by atoms with Crippen LogP contribution in [0.5, 0.6) is 0 Å². The van der Waals surface area contributed by atoms with Crippen LogP contribution < -0.4 is 0 Å². The number of unbranched alkanes of at least 4 members (excludes halogenated alkanes) is 2. The molecular formula is C11H23NO2. The smallest absolute Gasteiger partial charge is 0.0618 e. The molecule has 0 aliphatic carbocycles. The van der Waals surface area contributed by atoms with Crippen LogP contribution in [0.3, 0.4) is 0 Å². The zero-order chi connectivity index (χ0) is 10.2. The summed E-state index contributed by atoms with van der Waals surface area (Å²) in [6, 6.07) is 0.647. The zero-order valence-corrected chi connectivity index (χ0v) is 9.24. The maximum atomic E-state index is 8.66. The molecule has 0 spiro atoms. The molecule has 0 aromatic heterocycles. The van der Waals surface area contributed by atoms with Gasteiger partial charge in [0, 0.05) is 19.8 Å². The van der Waals surface area contributed by atoms with Gasteiger partial charge in [-0.15, -0.1) is 0 Å². The van der Waals surface area contributed by atoms with E-state index < -0.39 is 0 Å². The topological polar surface area (TPSA) is 32.7 Å². The summed E-state index contributed by atoms with van der Waals surface area (Å²) in [6.07, 6.45) is 5.90. The minimum atomic E-state index is 0.335. The van der Waals surface area contributed by atoms with Gasteiger partial charge in [-0.1, -0.05) is 0 Å². The third-order valence-electron chi connectivity index (χ3n) is 2.96. The van der Waals surface area contributed by atoms with E-state index in [-0.39, 0.29) is 0 Å². The van der Waals surface area contributed by atoms with E-state index >= 15 is 0 Å². The van der Waals surface area contributed by atoms with E-state index in [9.17, 15) is 0 Å². The summed E-state index contributed by atoms with van der Waals surface area (Å²) in [4.78, 5) is 2.53. The van der Waals surface area contributed by atoms with Crippen LogP contribution in [0.1, 0.15) is 32.1 Å². The zero-order valence-electron chi connectivity index (χ0n) is 9.24. The first-order valence-electron chi connectivity index (χ1n) is 5.72. The van der Waals surface area contributed by atoms with E-state index in [4.69, 9.17) is 9.84 Å². The third-order valence-corrected chi connectivity index (χ3v) is 2.96. The van der Waals surface area contributed by atoms with Gasteiger partial charge in [-0.3, -0.25) is 4.90 Å². The number of hydrogen-bond acceptors (Lipinski definition) is 3. The molecule has 0 bridgehead atoms. The second-order valence-corrected chi connectivity index (χ2v) is 4.07. The first-order valence-corrected chi connectivity index (χ1v) is 5.72. The summed E-state index contributed by atoms with van der Waals surface area (Å²) in [6.45, 7) is 3.61. The van der Waals surface area contributed by atoms with Crippen molar-refractivity contribution >= 4 is 0 Å². The van der Waals surface area contributed by atoms with Crippen LogP contribution in [0.25, 0.3) is 0 Å². The minimum absolute atomic E-state index is 0.335. The Bertz CT molecular complexity index is 141. The summed E-state index contributed by atoms with van der Waals surface area (Å²) in [7, 11) is 1.78. The Morgan fingerprint density at radius 2 is 2.21 bits per heavy atom. The summed E-state index contributed by atoms with van der Waals surface area (Å²) in [5.74, 6) is 0. The molecule has 0 saturated carbocycles. The summed E-state index contributed by atoms with van der Waals surface area (Å²) >= 11 is 0. The lowest BCUT2D eigenvalue weighted by molar-refractivity contribution is 0.114. The number of aliphatic hydroxyl groups is 1. The monoisotopic (exact) mass is 201 g/mol. The van der Waals surface area contributed by atoms with Crippen molar-refractivity contribution in [2.45, 2.75) is 38.1 Å². The molecule has 1 heterocycles. The van der Waals surface area contributed by atoms with Crippen molar-refractivity contribution in [3.63, 3.8) is 0 Å². The van der Waals surface area contributed by atoms with Crippen LogP contribution in [-0.4, -0.2) is 49.5 Å². The van der Waals surface area contributed by atoms with E-state index in [1.54, 1.807) is 7.11 Å². The number of nitrogens with zero attached hydrogens (tertiary/aromatic N) is 1. The molecule has 0 aromatic carbocycles. The Hall–Kier alpha value is -0.120. The lowest BCUT2D eigenvalue weighted by Crippen LogP contribution is -2.33. The fourth-order valence-corrected chi connectivity index (χ4v) is 2.17. The molecular weight excluding hydrogens is 178 g/mol. The quantitative estimate of drug-likeness (QED) is 0.629. The van der Waals surface area contributed by atoms with Gasteiger partial charge in [0.15, 0.2) is 0 Å². The molecule has 1 saturated heterocycles. The van der Waals surface area contributed by atoms with E-state index in [1.165, 1.54) is 32.4 Å². The van der Waals surface area contributed by atoms with Gasteiger partial charge in [0.2, 0.25) is 0 Å². The lowest BCUT2D eigenvalue weighted by Gasteiger charge is -2.23. The van der Waals surface area contributed by atoms with Crippen molar-refractivity contribution in [3.8, 4) is 0 Å². The first-order chi connectivity index (χ1) is 6.88. The predicted octanol–water partition coefficient (Wildman–Crippen LogP) is 1.26. The highest BCUT2D eigenvalue weighted by atomic mass is 16.5. The molecule has 84 valence electrons. The molecule has 1 N–H and O–H groups in total. The van der Waals surface area contributed by atoms with Crippen LogP contribution in [0.15, 0.2) is 0 Å². The molecule has 1 aliphatic heterocycles. The number of ether oxygens (including phenoxy) is 1. The SMILES string of the molecule is COCC1CCCN1CCCCCO. The fraction of sp³-hybridized carbons (Fsp3) is 1.00. The molecule has 3 heteroatoms. The van der Waals surface area contributed by atoms with Gasteiger partial charge in [0.1, 0.15) is 0 Å². The second-order valence-electron chi connectivity index (χ2n) is 4.07. The maximum Gasteiger partial charge on any atom is 0.0618 e. The average molecular weight is 201 g/mol. The lowest BCUT2D eigenvalue weighted by atomic mass is 10.2. The van der Waals surface area contributed by atoms with E-state index in [0.29, 0.717) is 12.6 Å². The van der Waals surface area contributed by atoms with Gasteiger partial charge in [-0.25, -0.2) is 0 Å². The number of hydrogen-bond donors (Lipinski definition) is 1. The maximum absolute atomic E-state index is 8.66. The van der Waals surface area contributed by atoms with Gasteiger partial charge < -0.3 is 9.84 Å². The van der Waals surface area contributed by atoms with Crippen molar-refractivity contribution in [1.29, 1.82) is 0 Å². The highest BCUT2D eigenvalue weighted by Gasteiger charge is 2.23. The van der Waals surface area contributed by atoms with Gasteiger partial charge >= 0.3 is 0 Å². The van der Waals surface area contributed by atoms with Crippen LogP contribution in [0.2, 0.25) is 0 Å². The number of rotatable bonds is 7. The Morgan fingerprint density at radius 3 is 2.93 bits per heavy atom. The summed E-state index contributed by atoms with van der Waals surface area (Å²) < 4.78 is 5.20. The van der Waals surface area contributed by atoms with Crippen molar-refractivity contribution < 1.29 is 9.84 Å². The molecule has 1 atom stereocenters. The summed E-state index contributed by atoms with van der Waals surface area (Å²) in [5, 5.41) is 8.66. The Morgan fingerprint density at radius 1 is 1.36 bits per heavy atom. The molecule has 1 rings (SSSR count). The van der Waals surface area contributed by atoms with Gasteiger partial charge in [0.25, 0.3) is 0 Å². The number of methoxy groups -OCH3 is 1. The summed E-state index contributed by atoms with van der Waals surface area (Å²) in [5.41, 5.74) is 0. The van der Waals surface area contributed by atoms with Crippen LogP contribution in [0, 0.1) is 0 Å². The highest BCUT2D eigenvalue weighted by Crippen LogP contribution is 2.17. The highest BCUT2D eigenvalue weighted by molar-refractivity contribution is 4.78. The Labute approximate surface area is 87.1 Å². The van der Waals surface area contributed by atoms with Crippen molar-refractivity contribution in [2.24, 2.45) is 0 Å². The molecule has 3 nitrogen and oxygen atoms in total. The molecule has 1 unspecified atom stereocenters. The number of aliphatic hydroxyl groups excluding tert-OH is 1. The van der Waals surface area contributed by atoms with Crippen molar-refractivity contribution in [2.75, 3.05) is 33.4 Å². The van der Waals surface area contributed by atoms with E-state index in [0.717, 1.165) is 19.4 Å². The number of likely N-dealkylation sites (tertiary alicyclic amines) is 1. The van der Waals surface area contributed by atoms with Gasteiger partial charge in [-0.2, -0.15) is 0 Å².